The van der Waals surface area contributed by atoms with E-state index in [1.165, 1.54) is 11.1 Å². The summed E-state index contributed by atoms with van der Waals surface area (Å²) < 4.78 is 5.47. The van der Waals surface area contributed by atoms with Crippen molar-refractivity contribution in [1.29, 1.82) is 0 Å². The fraction of sp³-hybridized carbons (Fsp3) is 0.481. The van der Waals surface area contributed by atoms with Crippen molar-refractivity contribution in [2.75, 3.05) is 56.2 Å². The number of aliphatic hydroxyl groups is 1. The first-order chi connectivity index (χ1) is 19.4. The summed E-state index contributed by atoms with van der Waals surface area (Å²) in [5.41, 5.74) is 0.255. The first-order valence-corrected chi connectivity index (χ1v) is 13.6. The monoisotopic (exact) mass is 547 g/mol. The number of carbonyl (C=O) groups is 2. The minimum atomic E-state index is -1.77. The van der Waals surface area contributed by atoms with Crippen LogP contribution >= 0.6 is 0 Å². The third kappa shape index (κ3) is 4.91. The highest BCUT2D eigenvalue weighted by atomic mass is 16.5. The Morgan fingerprint density at radius 2 is 1.80 bits per heavy atom. The molecule has 3 aliphatic rings. The molecule has 2 saturated heterocycles. The summed E-state index contributed by atoms with van der Waals surface area (Å²) in [6, 6.07) is 7.27. The molecule has 2 amide bonds. The maximum Gasteiger partial charge on any atom is 0.260 e. The molecule has 2 atom stereocenters. The van der Waals surface area contributed by atoms with Gasteiger partial charge in [0.1, 0.15) is 18.0 Å². The number of fused-ring (bicyclic) bond motifs is 1. The van der Waals surface area contributed by atoms with Gasteiger partial charge in [-0.15, -0.1) is 0 Å². The van der Waals surface area contributed by atoms with Crippen LogP contribution in [0.1, 0.15) is 36.8 Å². The van der Waals surface area contributed by atoms with Gasteiger partial charge in [0, 0.05) is 57.5 Å². The number of hydrogen-bond donors (Lipinski definition) is 3. The van der Waals surface area contributed by atoms with E-state index in [-0.39, 0.29) is 30.3 Å². The van der Waals surface area contributed by atoms with E-state index in [1.807, 2.05) is 6.92 Å². The molecule has 40 heavy (non-hydrogen) atoms. The Bertz CT molecular complexity index is 1350. The minimum Gasteiger partial charge on any atom is -0.381 e. The minimum absolute atomic E-state index is 0.0841. The molecule has 1 unspecified atom stereocenters. The number of amides is 2. The maximum atomic E-state index is 14.0. The summed E-state index contributed by atoms with van der Waals surface area (Å²) in [5, 5.41) is 26.6. The Labute approximate surface area is 231 Å². The van der Waals surface area contributed by atoms with Crippen molar-refractivity contribution in [2.45, 2.75) is 37.3 Å². The van der Waals surface area contributed by atoms with E-state index in [0.717, 1.165) is 24.1 Å². The molecule has 3 aliphatic heterocycles. The lowest BCUT2D eigenvalue weighted by Gasteiger charge is -2.40. The van der Waals surface area contributed by atoms with E-state index in [2.05, 4.69) is 35.7 Å². The van der Waals surface area contributed by atoms with Gasteiger partial charge in [-0.3, -0.25) is 9.59 Å². The Morgan fingerprint density at radius 3 is 2.50 bits per heavy atom. The van der Waals surface area contributed by atoms with Crippen molar-refractivity contribution in [3.63, 3.8) is 0 Å². The Balaban J connectivity index is 1.20. The quantitative estimate of drug-likeness (QED) is 0.380. The van der Waals surface area contributed by atoms with Crippen molar-refractivity contribution in [1.82, 2.24) is 35.2 Å². The van der Waals surface area contributed by atoms with Crippen LogP contribution in [0.25, 0.3) is 5.69 Å². The van der Waals surface area contributed by atoms with E-state index in [4.69, 9.17) is 4.74 Å². The number of nitrogens with zero attached hydrogens (tertiary/aromatic N) is 7. The fourth-order valence-corrected chi connectivity index (χ4v) is 5.59. The second-order valence-corrected chi connectivity index (χ2v) is 10.4. The van der Waals surface area contributed by atoms with E-state index in [1.54, 1.807) is 41.6 Å². The molecule has 0 radical (unpaired) electrons. The number of ether oxygens (including phenoxy) is 1. The number of anilines is 2. The maximum absolute atomic E-state index is 14.0. The number of aromatic nitrogens is 5. The number of nitrogens with one attached hydrogen (secondary N) is 2. The first kappa shape index (κ1) is 26.3. The number of rotatable bonds is 7. The SMILES string of the molecule is CC1C(=O)Nc2ncnc(N3CCN(C(=O)[C@](O)(CNC4CCOCC4)c4ccc(-n5nccn5)cc4)CC3)c21. The summed E-state index contributed by atoms with van der Waals surface area (Å²) >= 11 is 0. The zero-order chi connectivity index (χ0) is 27.7. The molecular weight excluding hydrogens is 514 g/mol. The summed E-state index contributed by atoms with van der Waals surface area (Å²) in [7, 11) is 0. The zero-order valence-corrected chi connectivity index (χ0v) is 22.4. The molecule has 2 aromatic heterocycles. The second kappa shape index (κ2) is 10.9. The number of piperazine rings is 1. The second-order valence-electron chi connectivity index (χ2n) is 10.4. The van der Waals surface area contributed by atoms with Crippen molar-refractivity contribution >= 4 is 23.5 Å². The van der Waals surface area contributed by atoms with Crippen LogP contribution in [0.15, 0.2) is 43.0 Å². The van der Waals surface area contributed by atoms with Crippen molar-refractivity contribution in [3.8, 4) is 5.69 Å². The van der Waals surface area contributed by atoms with Crippen LogP contribution in [0.4, 0.5) is 11.6 Å². The lowest BCUT2D eigenvalue weighted by molar-refractivity contribution is -0.152. The van der Waals surface area contributed by atoms with Gasteiger partial charge >= 0.3 is 0 Å². The van der Waals surface area contributed by atoms with Crippen molar-refractivity contribution in [3.05, 3.63) is 54.1 Å². The highest BCUT2D eigenvalue weighted by Gasteiger charge is 2.43. The Hall–Kier alpha value is -3.94. The third-order valence-electron chi connectivity index (χ3n) is 8.01. The predicted molar refractivity (Wildman–Crippen MR) is 145 cm³/mol. The molecule has 0 bridgehead atoms. The highest BCUT2D eigenvalue weighted by Crippen LogP contribution is 2.37. The highest BCUT2D eigenvalue weighted by molar-refractivity contribution is 6.03. The summed E-state index contributed by atoms with van der Waals surface area (Å²) in [6.45, 7) is 5.08. The fourth-order valence-electron chi connectivity index (χ4n) is 5.59. The van der Waals surface area contributed by atoms with Crippen LogP contribution in [-0.4, -0.2) is 98.8 Å². The van der Waals surface area contributed by atoms with Crippen LogP contribution in [0.3, 0.4) is 0 Å². The molecule has 6 rings (SSSR count). The molecule has 2 fully saturated rings. The molecule has 0 saturated carbocycles. The number of hydrogen-bond acceptors (Lipinski definition) is 10. The molecular formula is C27H33N9O4. The molecule has 1 aromatic carbocycles. The van der Waals surface area contributed by atoms with E-state index < -0.39 is 5.60 Å². The van der Waals surface area contributed by atoms with E-state index in [9.17, 15) is 14.7 Å². The molecule has 3 N–H and O–H groups in total. The van der Waals surface area contributed by atoms with Crippen LogP contribution in [0.2, 0.25) is 0 Å². The average molecular weight is 548 g/mol. The van der Waals surface area contributed by atoms with Gasteiger partial charge in [0.2, 0.25) is 5.91 Å². The van der Waals surface area contributed by atoms with Crippen molar-refractivity contribution in [2.24, 2.45) is 0 Å². The van der Waals surface area contributed by atoms with Gasteiger partial charge in [-0.2, -0.15) is 15.0 Å². The number of carbonyl (C=O) groups excluding carboxylic acids is 2. The lowest BCUT2D eigenvalue weighted by atomic mass is 9.90. The van der Waals surface area contributed by atoms with E-state index >= 15 is 0 Å². The molecule has 3 aromatic rings. The number of benzene rings is 1. The summed E-state index contributed by atoms with van der Waals surface area (Å²) in [4.78, 5) is 40.2. The van der Waals surface area contributed by atoms with Crippen LogP contribution in [-0.2, 0) is 19.9 Å². The average Bonchev–Trinajstić information content (AvgIpc) is 3.64. The molecule has 210 valence electrons. The standard InChI is InChI=1S/C27H33N9O4/c1-18-22-23(33-25(18)37)29-17-30-24(22)34-10-12-35(13-11-34)26(38)27(39,16-28-20-6-14-40-15-7-20)19-2-4-21(5-3-19)36-31-8-9-32-36/h2-5,8-9,17-18,20,28,39H,6-7,10-16H2,1H3,(H,29,30,33,37)/t18?,27-/m0/s1. The normalized spacial score (nSPS) is 21.1. The Morgan fingerprint density at radius 1 is 1.10 bits per heavy atom. The predicted octanol–water partition coefficient (Wildman–Crippen LogP) is 0.418. The Kier molecular flexibility index (Phi) is 7.17. The smallest absolute Gasteiger partial charge is 0.260 e. The summed E-state index contributed by atoms with van der Waals surface area (Å²) in [6.07, 6.45) is 6.29. The van der Waals surface area contributed by atoms with Crippen LogP contribution < -0.4 is 15.5 Å². The van der Waals surface area contributed by atoms with Crippen molar-refractivity contribution < 1.29 is 19.4 Å². The van der Waals surface area contributed by atoms with Gasteiger partial charge in [-0.05, 0) is 37.5 Å². The largest absolute Gasteiger partial charge is 0.381 e. The molecule has 0 spiro atoms. The van der Waals surface area contributed by atoms with Crippen LogP contribution in [0.5, 0.6) is 0 Å². The van der Waals surface area contributed by atoms with Gasteiger partial charge in [0.05, 0.1) is 24.0 Å². The van der Waals surface area contributed by atoms with Gasteiger partial charge < -0.3 is 30.3 Å². The summed E-state index contributed by atoms with van der Waals surface area (Å²) in [5.74, 6) is 0.467. The van der Waals surface area contributed by atoms with Gasteiger partial charge in [-0.25, -0.2) is 9.97 Å². The molecule has 13 heteroatoms. The molecule has 0 aliphatic carbocycles. The van der Waals surface area contributed by atoms with Gasteiger partial charge in [0.25, 0.3) is 5.91 Å². The van der Waals surface area contributed by atoms with Crippen LogP contribution in [0, 0.1) is 0 Å². The van der Waals surface area contributed by atoms with Gasteiger partial charge in [0.15, 0.2) is 5.60 Å². The van der Waals surface area contributed by atoms with E-state index in [0.29, 0.717) is 56.6 Å². The molecule has 13 nitrogen and oxygen atoms in total. The zero-order valence-electron chi connectivity index (χ0n) is 22.4. The first-order valence-electron chi connectivity index (χ1n) is 13.6. The third-order valence-corrected chi connectivity index (χ3v) is 8.01. The topological polar surface area (TPSA) is 151 Å². The van der Waals surface area contributed by atoms with Gasteiger partial charge in [-0.1, -0.05) is 12.1 Å². The molecule has 5 heterocycles. The lowest BCUT2D eigenvalue weighted by Crippen LogP contribution is -2.58.